The number of aliphatic imine (C=N–C) groups is 1. The zero-order chi connectivity index (χ0) is 17.8. The van der Waals surface area contributed by atoms with Gasteiger partial charge >= 0.3 is 0 Å². The van der Waals surface area contributed by atoms with Crippen molar-refractivity contribution in [1.82, 2.24) is 5.32 Å². The monoisotopic (exact) mass is 479 g/mol. The molecule has 2 unspecified atom stereocenters. The van der Waals surface area contributed by atoms with Gasteiger partial charge in [0.2, 0.25) is 0 Å². The number of halogens is 1. The quantitative estimate of drug-likeness (QED) is 0.391. The Morgan fingerprint density at radius 2 is 1.85 bits per heavy atom. The van der Waals surface area contributed by atoms with E-state index in [1.807, 2.05) is 18.2 Å². The molecule has 2 N–H and O–H groups in total. The van der Waals surface area contributed by atoms with Crippen LogP contribution in [0.15, 0.2) is 53.5 Å². The van der Waals surface area contributed by atoms with Crippen molar-refractivity contribution in [3.05, 3.63) is 54.1 Å². The van der Waals surface area contributed by atoms with Gasteiger partial charge in [-0.3, -0.25) is 4.99 Å². The molecule has 1 saturated carbocycles. The molecular formula is C21H26IN3O2. The third kappa shape index (κ3) is 5.06. The minimum absolute atomic E-state index is 0. The summed E-state index contributed by atoms with van der Waals surface area (Å²) < 4.78 is 11.4. The van der Waals surface area contributed by atoms with Gasteiger partial charge in [-0.05, 0) is 36.0 Å². The van der Waals surface area contributed by atoms with E-state index in [9.17, 15) is 0 Å². The average molecular weight is 479 g/mol. The summed E-state index contributed by atoms with van der Waals surface area (Å²) in [5.74, 6) is 3.70. The summed E-state index contributed by atoms with van der Waals surface area (Å²) in [4.78, 5) is 4.33. The fourth-order valence-electron chi connectivity index (χ4n) is 3.37. The topological polar surface area (TPSA) is 54.9 Å². The number of hydrogen-bond acceptors (Lipinski definition) is 3. The van der Waals surface area contributed by atoms with E-state index in [4.69, 9.17) is 9.47 Å². The summed E-state index contributed by atoms with van der Waals surface area (Å²) in [5.41, 5.74) is 2.38. The zero-order valence-electron chi connectivity index (χ0n) is 15.5. The summed E-state index contributed by atoms with van der Waals surface area (Å²) >= 11 is 0. The number of rotatable bonds is 4. The number of benzene rings is 2. The van der Waals surface area contributed by atoms with Gasteiger partial charge in [-0.25, -0.2) is 0 Å². The largest absolute Gasteiger partial charge is 0.490 e. The van der Waals surface area contributed by atoms with Gasteiger partial charge in [-0.15, -0.1) is 24.0 Å². The van der Waals surface area contributed by atoms with Crippen LogP contribution in [0.3, 0.4) is 0 Å². The van der Waals surface area contributed by atoms with Crippen molar-refractivity contribution in [1.29, 1.82) is 0 Å². The molecular weight excluding hydrogens is 453 g/mol. The summed E-state index contributed by atoms with van der Waals surface area (Å²) in [6.45, 7) is 2.31. The molecule has 6 heteroatoms. The Balaban J connectivity index is 0.00000210. The normalized spacial score (nSPS) is 20.9. The van der Waals surface area contributed by atoms with Gasteiger partial charge in [0.15, 0.2) is 17.5 Å². The molecule has 0 spiro atoms. The average Bonchev–Trinajstić information content (AvgIpc) is 3.49. The minimum Gasteiger partial charge on any atom is -0.490 e. The second-order valence-electron chi connectivity index (χ2n) is 6.80. The van der Waals surface area contributed by atoms with E-state index in [-0.39, 0.29) is 24.0 Å². The van der Waals surface area contributed by atoms with Crippen LogP contribution in [-0.4, -0.2) is 32.8 Å². The molecule has 2 aromatic carbocycles. The first-order valence-electron chi connectivity index (χ1n) is 9.26. The lowest BCUT2D eigenvalue weighted by Gasteiger charge is -2.14. The Labute approximate surface area is 177 Å². The predicted octanol–water partition coefficient (Wildman–Crippen LogP) is 4.26. The highest BCUT2D eigenvalue weighted by Gasteiger charge is 2.37. The van der Waals surface area contributed by atoms with Crippen LogP contribution in [0.5, 0.6) is 11.5 Å². The lowest BCUT2D eigenvalue weighted by Crippen LogP contribution is -2.32. The van der Waals surface area contributed by atoms with E-state index in [2.05, 4.69) is 46.0 Å². The van der Waals surface area contributed by atoms with Crippen LogP contribution in [0.1, 0.15) is 24.3 Å². The van der Waals surface area contributed by atoms with Gasteiger partial charge in [0.1, 0.15) is 0 Å². The van der Waals surface area contributed by atoms with E-state index in [1.165, 1.54) is 12.0 Å². The van der Waals surface area contributed by atoms with Crippen molar-refractivity contribution < 1.29 is 9.47 Å². The third-order valence-corrected chi connectivity index (χ3v) is 4.92. The standard InChI is InChI=1S/C21H25N3O2.HI/c1-22-21(23-14-16-12-18(16)15-6-3-2-4-7-15)24-17-8-9-19-20(13-17)26-11-5-10-25-19;/h2-4,6-9,13,16,18H,5,10-12,14H2,1H3,(H2,22,23,24);1H. The van der Waals surface area contributed by atoms with Gasteiger partial charge in [-0.1, -0.05) is 30.3 Å². The second kappa shape index (κ2) is 9.30. The van der Waals surface area contributed by atoms with E-state index in [0.717, 1.165) is 36.1 Å². The first kappa shape index (κ1) is 19.8. The van der Waals surface area contributed by atoms with Crippen LogP contribution in [-0.2, 0) is 0 Å². The maximum absolute atomic E-state index is 5.75. The molecule has 5 nitrogen and oxygen atoms in total. The van der Waals surface area contributed by atoms with Gasteiger partial charge in [0, 0.05) is 31.8 Å². The second-order valence-corrected chi connectivity index (χ2v) is 6.80. The minimum atomic E-state index is 0. The summed E-state index contributed by atoms with van der Waals surface area (Å²) in [6, 6.07) is 16.6. The number of nitrogens with zero attached hydrogens (tertiary/aromatic N) is 1. The van der Waals surface area contributed by atoms with Crippen molar-refractivity contribution >= 4 is 35.6 Å². The molecule has 0 saturated heterocycles. The Morgan fingerprint density at radius 1 is 1.07 bits per heavy atom. The van der Waals surface area contributed by atoms with Crippen molar-refractivity contribution in [2.24, 2.45) is 10.9 Å². The van der Waals surface area contributed by atoms with Gasteiger partial charge in [-0.2, -0.15) is 0 Å². The van der Waals surface area contributed by atoms with Crippen molar-refractivity contribution in [2.45, 2.75) is 18.8 Å². The molecule has 1 aliphatic carbocycles. The van der Waals surface area contributed by atoms with Crippen LogP contribution >= 0.6 is 24.0 Å². The molecule has 0 bridgehead atoms. The summed E-state index contributed by atoms with van der Waals surface area (Å²) in [7, 11) is 1.79. The molecule has 27 heavy (non-hydrogen) atoms. The Kier molecular flexibility index (Phi) is 6.82. The Hall–Kier alpha value is -1.96. The van der Waals surface area contributed by atoms with Crippen LogP contribution < -0.4 is 20.1 Å². The fourth-order valence-corrected chi connectivity index (χ4v) is 3.37. The Morgan fingerprint density at radius 3 is 2.63 bits per heavy atom. The highest BCUT2D eigenvalue weighted by atomic mass is 127. The number of guanidine groups is 1. The van der Waals surface area contributed by atoms with Crippen LogP contribution in [0, 0.1) is 5.92 Å². The molecule has 1 fully saturated rings. The molecule has 1 heterocycles. The van der Waals surface area contributed by atoms with Crippen molar-refractivity contribution in [3.63, 3.8) is 0 Å². The van der Waals surface area contributed by atoms with Gasteiger partial charge in [0.05, 0.1) is 13.2 Å². The van der Waals surface area contributed by atoms with Crippen molar-refractivity contribution in [2.75, 3.05) is 32.1 Å². The molecule has 2 aliphatic rings. The first-order chi connectivity index (χ1) is 12.8. The summed E-state index contributed by atoms with van der Waals surface area (Å²) in [6.07, 6.45) is 2.14. The smallest absolute Gasteiger partial charge is 0.195 e. The highest BCUT2D eigenvalue weighted by molar-refractivity contribution is 14.0. The molecule has 2 atom stereocenters. The van der Waals surface area contributed by atoms with E-state index >= 15 is 0 Å². The molecule has 2 aromatic rings. The fraction of sp³-hybridized carbons (Fsp3) is 0.381. The van der Waals surface area contributed by atoms with E-state index in [0.29, 0.717) is 25.0 Å². The number of hydrogen-bond donors (Lipinski definition) is 2. The van der Waals surface area contributed by atoms with Crippen LogP contribution in [0.4, 0.5) is 5.69 Å². The van der Waals surface area contributed by atoms with Crippen LogP contribution in [0.2, 0.25) is 0 Å². The SMILES string of the molecule is CN=C(NCC1CC1c1ccccc1)Nc1ccc2c(c1)OCCCO2.I. The first-order valence-corrected chi connectivity index (χ1v) is 9.26. The number of ether oxygens (including phenoxy) is 2. The maximum atomic E-state index is 5.75. The van der Waals surface area contributed by atoms with Gasteiger partial charge in [0.25, 0.3) is 0 Å². The Bertz CT molecular complexity index is 782. The van der Waals surface area contributed by atoms with Gasteiger partial charge < -0.3 is 20.1 Å². The number of anilines is 1. The molecule has 144 valence electrons. The lowest BCUT2D eigenvalue weighted by atomic mass is 10.1. The molecule has 0 radical (unpaired) electrons. The van der Waals surface area contributed by atoms with E-state index in [1.54, 1.807) is 7.05 Å². The van der Waals surface area contributed by atoms with Crippen molar-refractivity contribution in [3.8, 4) is 11.5 Å². The lowest BCUT2D eigenvalue weighted by molar-refractivity contribution is 0.297. The predicted molar refractivity (Wildman–Crippen MR) is 120 cm³/mol. The van der Waals surface area contributed by atoms with E-state index < -0.39 is 0 Å². The zero-order valence-corrected chi connectivity index (χ0v) is 17.8. The third-order valence-electron chi connectivity index (χ3n) is 4.92. The maximum Gasteiger partial charge on any atom is 0.195 e. The highest BCUT2D eigenvalue weighted by Crippen LogP contribution is 2.46. The molecule has 4 rings (SSSR count). The molecule has 1 aliphatic heterocycles. The number of fused-ring (bicyclic) bond motifs is 1. The molecule has 0 amide bonds. The van der Waals surface area contributed by atoms with Crippen LogP contribution in [0.25, 0.3) is 0 Å². The summed E-state index contributed by atoms with van der Waals surface area (Å²) in [5, 5.41) is 6.78. The number of nitrogens with one attached hydrogen (secondary N) is 2. The molecule has 0 aromatic heterocycles.